The van der Waals surface area contributed by atoms with Gasteiger partial charge in [-0.3, -0.25) is 4.79 Å². The topological polar surface area (TPSA) is 47.6 Å². The van der Waals surface area contributed by atoms with E-state index in [4.69, 9.17) is 9.47 Å². The third kappa shape index (κ3) is 6.54. The van der Waals surface area contributed by atoms with Gasteiger partial charge in [0, 0.05) is 26.2 Å². The second-order valence-electron chi connectivity index (χ2n) is 5.54. The zero-order chi connectivity index (χ0) is 15.6. The maximum Gasteiger partial charge on any atom is 0.220 e. The van der Waals surface area contributed by atoms with E-state index in [2.05, 4.69) is 5.32 Å². The van der Waals surface area contributed by atoms with E-state index in [9.17, 15) is 9.18 Å². The van der Waals surface area contributed by atoms with Gasteiger partial charge in [-0.1, -0.05) is 12.1 Å². The van der Waals surface area contributed by atoms with Gasteiger partial charge in [-0.25, -0.2) is 4.39 Å². The van der Waals surface area contributed by atoms with Gasteiger partial charge in [-0.15, -0.1) is 0 Å². The maximum atomic E-state index is 12.8. The molecule has 1 fully saturated rings. The highest BCUT2D eigenvalue weighted by molar-refractivity contribution is 5.76. The molecule has 0 saturated carbocycles. The van der Waals surface area contributed by atoms with Crippen molar-refractivity contribution in [1.82, 2.24) is 5.32 Å². The molecule has 1 aliphatic heterocycles. The van der Waals surface area contributed by atoms with Crippen LogP contribution in [0.3, 0.4) is 0 Å². The highest BCUT2D eigenvalue weighted by atomic mass is 19.1. The molecule has 2 rings (SSSR count). The molecule has 5 heteroatoms. The molecule has 1 amide bonds. The molecule has 122 valence electrons. The Balaban J connectivity index is 1.46. The minimum absolute atomic E-state index is 0.0171. The van der Waals surface area contributed by atoms with Gasteiger partial charge in [0.25, 0.3) is 0 Å². The van der Waals surface area contributed by atoms with Crippen LogP contribution in [0, 0.1) is 5.82 Å². The summed E-state index contributed by atoms with van der Waals surface area (Å²) >= 11 is 0. The zero-order valence-electron chi connectivity index (χ0n) is 12.9. The fourth-order valence-corrected chi connectivity index (χ4v) is 2.39. The van der Waals surface area contributed by atoms with E-state index in [0.717, 1.165) is 31.4 Å². The molecule has 0 spiro atoms. The Morgan fingerprint density at radius 3 is 2.91 bits per heavy atom. The minimum atomic E-state index is -0.254. The van der Waals surface area contributed by atoms with Crippen molar-refractivity contribution >= 4 is 5.91 Å². The summed E-state index contributed by atoms with van der Waals surface area (Å²) in [6.07, 6.45) is 4.31. The van der Waals surface area contributed by atoms with Crippen molar-refractivity contribution < 1.29 is 18.7 Å². The van der Waals surface area contributed by atoms with Crippen LogP contribution in [0.5, 0.6) is 0 Å². The van der Waals surface area contributed by atoms with E-state index >= 15 is 0 Å². The molecule has 1 atom stereocenters. The summed E-state index contributed by atoms with van der Waals surface area (Å²) in [5, 5.41) is 2.87. The van der Waals surface area contributed by atoms with Crippen LogP contribution in [0.2, 0.25) is 0 Å². The number of hydrogen-bond donors (Lipinski definition) is 1. The van der Waals surface area contributed by atoms with E-state index in [1.807, 2.05) is 0 Å². The summed E-state index contributed by atoms with van der Waals surface area (Å²) in [5.41, 5.74) is 0.969. The van der Waals surface area contributed by atoms with E-state index in [-0.39, 0.29) is 17.8 Å². The summed E-state index contributed by atoms with van der Waals surface area (Å²) in [5.74, 6) is -0.236. The van der Waals surface area contributed by atoms with Gasteiger partial charge in [-0.05, 0) is 43.4 Å². The number of ether oxygens (including phenoxy) is 2. The first-order valence-corrected chi connectivity index (χ1v) is 7.94. The average molecular weight is 309 g/mol. The van der Waals surface area contributed by atoms with Crippen molar-refractivity contribution in [3.63, 3.8) is 0 Å². The lowest BCUT2D eigenvalue weighted by atomic mass is 10.1. The number of carbonyl (C=O) groups excluding carboxylic acids is 1. The normalized spacial score (nSPS) is 17.6. The highest BCUT2D eigenvalue weighted by Crippen LogP contribution is 2.11. The Morgan fingerprint density at radius 2 is 2.18 bits per heavy atom. The fourth-order valence-electron chi connectivity index (χ4n) is 2.39. The Morgan fingerprint density at radius 1 is 1.36 bits per heavy atom. The van der Waals surface area contributed by atoms with E-state index in [1.54, 1.807) is 12.1 Å². The largest absolute Gasteiger partial charge is 0.379 e. The Bertz CT molecular complexity index is 444. The third-order valence-corrected chi connectivity index (χ3v) is 3.67. The summed E-state index contributed by atoms with van der Waals surface area (Å²) in [6, 6.07) is 6.25. The van der Waals surface area contributed by atoms with Crippen LogP contribution in [0.4, 0.5) is 4.39 Å². The van der Waals surface area contributed by atoms with E-state index in [0.29, 0.717) is 32.6 Å². The lowest BCUT2D eigenvalue weighted by molar-refractivity contribution is -0.121. The molecule has 0 aromatic heterocycles. The summed E-state index contributed by atoms with van der Waals surface area (Å²) < 4.78 is 23.7. The molecule has 0 bridgehead atoms. The summed E-state index contributed by atoms with van der Waals surface area (Å²) in [7, 11) is 0. The smallest absolute Gasteiger partial charge is 0.220 e. The summed E-state index contributed by atoms with van der Waals surface area (Å²) in [4.78, 5) is 11.7. The van der Waals surface area contributed by atoms with Crippen LogP contribution < -0.4 is 5.32 Å². The Labute approximate surface area is 131 Å². The predicted octanol–water partition coefficient (Wildman–Crippen LogP) is 2.46. The van der Waals surface area contributed by atoms with Gasteiger partial charge < -0.3 is 14.8 Å². The standard InChI is InChI=1S/C17H24FNO3/c18-15-7-4-14(5-8-15)6-9-17(20)19-10-2-11-21-13-16-3-1-12-22-16/h4-5,7-8,16H,1-3,6,9-13H2,(H,19,20). The maximum absolute atomic E-state index is 12.8. The van der Waals surface area contributed by atoms with Crippen molar-refractivity contribution in [2.24, 2.45) is 0 Å². The van der Waals surface area contributed by atoms with Crippen molar-refractivity contribution in [3.8, 4) is 0 Å². The van der Waals surface area contributed by atoms with Crippen LogP contribution in [-0.4, -0.2) is 38.4 Å². The minimum Gasteiger partial charge on any atom is -0.379 e. The number of nitrogens with one attached hydrogen (secondary N) is 1. The van der Waals surface area contributed by atoms with Gasteiger partial charge in [-0.2, -0.15) is 0 Å². The van der Waals surface area contributed by atoms with Crippen LogP contribution >= 0.6 is 0 Å². The van der Waals surface area contributed by atoms with Crippen LogP contribution in [0.25, 0.3) is 0 Å². The van der Waals surface area contributed by atoms with Crippen LogP contribution in [0.1, 0.15) is 31.2 Å². The number of hydrogen-bond acceptors (Lipinski definition) is 3. The molecule has 1 aliphatic rings. The quantitative estimate of drug-likeness (QED) is 0.713. The molecule has 1 N–H and O–H groups in total. The first kappa shape index (κ1) is 16.9. The monoisotopic (exact) mass is 309 g/mol. The second-order valence-corrected chi connectivity index (χ2v) is 5.54. The molecule has 0 aliphatic carbocycles. The fraction of sp³-hybridized carbons (Fsp3) is 0.588. The van der Waals surface area contributed by atoms with Crippen molar-refractivity contribution in [2.75, 3.05) is 26.4 Å². The molecule has 4 nitrogen and oxygen atoms in total. The van der Waals surface area contributed by atoms with Gasteiger partial charge in [0.15, 0.2) is 0 Å². The Hall–Kier alpha value is -1.46. The third-order valence-electron chi connectivity index (χ3n) is 3.67. The first-order chi connectivity index (χ1) is 10.7. The molecule has 0 radical (unpaired) electrons. The molecule has 1 heterocycles. The first-order valence-electron chi connectivity index (χ1n) is 7.94. The summed E-state index contributed by atoms with van der Waals surface area (Å²) in [6.45, 7) is 2.75. The number of halogens is 1. The van der Waals surface area contributed by atoms with E-state index < -0.39 is 0 Å². The van der Waals surface area contributed by atoms with Crippen molar-refractivity contribution in [3.05, 3.63) is 35.6 Å². The van der Waals surface area contributed by atoms with Gasteiger partial charge >= 0.3 is 0 Å². The van der Waals surface area contributed by atoms with Crippen molar-refractivity contribution in [1.29, 1.82) is 0 Å². The Kier molecular flexibility index (Phi) is 7.33. The average Bonchev–Trinajstić information content (AvgIpc) is 3.03. The highest BCUT2D eigenvalue weighted by Gasteiger charge is 2.14. The van der Waals surface area contributed by atoms with Crippen LogP contribution in [0.15, 0.2) is 24.3 Å². The molecule has 1 aromatic carbocycles. The van der Waals surface area contributed by atoms with E-state index in [1.165, 1.54) is 12.1 Å². The van der Waals surface area contributed by atoms with Crippen LogP contribution in [-0.2, 0) is 20.7 Å². The zero-order valence-corrected chi connectivity index (χ0v) is 12.9. The number of carbonyl (C=O) groups is 1. The predicted molar refractivity (Wildman–Crippen MR) is 82.1 cm³/mol. The van der Waals surface area contributed by atoms with Gasteiger partial charge in [0.1, 0.15) is 5.82 Å². The molecule has 1 unspecified atom stereocenters. The van der Waals surface area contributed by atoms with Gasteiger partial charge in [0.2, 0.25) is 5.91 Å². The lowest BCUT2D eigenvalue weighted by Crippen LogP contribution is -2.26. The second kappa shape index (κ2) is 9.54. The van der Waals surface area contributed by atoms with Gasteiger partial charge in [0.05, 0.1) is 12.7 Å². The number of rotatable bonds is 9. The number of benzene rings is 1. The lowest BCUT2D eigenvalue weighted by Gasteiger charge is -2.10. The number of amides is 1. The molecule has 1 aromatic rings. The molecular formula is C17H24FNO3. The SMILES string of the molecule is O=C(CCc1ccc(F)cc1)NCCCOCC1CCCO1. The molecular weight excluding hydrogens is 285 g/mol. The van der Waals surface area contributed by atoms with Crippen molar-refractivity contribution in [2.45, 2.75) is 38.2 Å². The molecule has 22 heavy (non-hydrogen) atoms. The number of aryl methyl sites for hydroxylation is 1. The molecule has 1 saturated heterocycles.